The van der Waals surface area contributed by atoms with Gasteiger partial charge in [0.25, 0.3) is 0 Å². The summed E-state index contributed by atoms with van der Waals surface area (Å²) in [6.45, 7) is -0.0995. The van der Waals surface area contributed by atoms with Crippen molar-refractivity contribution in [2.75, 3.05) is 18.1 Å². The molecule has 1 saturated heterocycles. The van der Waals surface area contributed by atoms with Crippen molar-refractivity contribution in [2.45, 2.75) is 10.9 Å². The Hall–Kier alpha value is -1.19. The number of rotatable bonds is 3. The molecule has 0 aliphatic carbocycles. The second-order valence-electron chi connectivity index (χ2n) is 4.10. The van der Waals surface area contributed by atoms with E-state index in [1.807, 2.05) is 0 Å². The Morgan fingerprint density at radius 1 is 1.35 bits per heavy atom. The van der Waals surface area contributed by atoms with Crippen LogP contribution in [-0.4, -0.2) is 47.9 Å². The first kappa shape index (κ1) is 15.2. The van der Waals surface area contributed by atoms with Crippen LogP contribution in [0.25, 0.3) is 0 Å². The number of nitrogens with zero attached hydrogens (tertiary/aromatic N) is 1. The molecule has 0 radical (unpaired) electrons. The van der Waals surface area contributed by atoms with Crippen molar-refractivity contribution in [2.24, 2.45) is 0 Å². The monoisotopic (exact) mass is 323 g/mol. The van der Waals surface area contributed by atoms with Crippen LogP contribution >= 0.6 is 11.8 Å². The van der Waals surface area contributed by atoms with Gasteiger partial charge in [0, 0.05) is 18.1 Å². The topological polar surface area (TPSA) is 74.7 Å². The van der Waals surface area contributed by atoms with Crippen molar-refractivity contribution in [3.8, 4) is 0 Å². The third-order valence-electron chi connectivity index (χ3n) is 2.85. The number of aliphatic carboxylic acids is 1. The molecule has 5 nitrogen and oxygen atoms in total. The summed E-state index contributed by atoms with van der Waals surface area (Å²) in [5.41, 5.74) is 0. The van der Waals surface area contributed by atoms with Gasteiger partial charge in [-0.3, -0.25) is 4.79 Å². The normalized spacial score (nSPS) is 20.8. The lowest BCUT2D eigenvalue weighted by molar-refractivity contribution is -0.140. The number of benzene rings is 1. The number of hydrogen-bond acceptors (Lipinski definition) is 4. The van der Waals surface area contributed by atoms with Crippen LogP contribution in [0.5, 0.6) is 0 Å². The summed E-state index contributed by atoms with van der Waals surface area (Å²) in [7, 11) is -4.53. The molecular weight excluding hydrogens is 312 g/mol. The minimum atomic E-state index is -4.53. The molecule has 0 amide bonds. The fourth-order valence-corrected chi connectivity index (χ4v) is 4.86. The summed E-state index contributed by atoms with van der Waals surface area (Å²) in [4.78, 5) is 10.0. The number of hydrogen-bond donors (Lipinski definition) is 1. The zero-order valence-electron chi connectivity index (χ0n) is 10.1. The van der Waals surface area contributed by atoms with E-state index < -0.39 is 38.6 Å². The molecule has 2 rings (SSSR count). The Balaban J connectivity index is 2.51. The quantitative estimate of drug-likeness (QED) is 0.903. The van der Waals surface area contributed by atoms with Gasteiger partial charge < -0.3 is 5.11 Å². The summed E-state index contributed by atoms with van der Waals surface area (Å²) in [5.74, 6) is -3.37. The van der Waals surface area contributed by atoms with E-state index >= 15 is 0 Å². The average Bonchev–Trinajstić information content (AvgIpc) is 2.38. The van der Waals surface area contributed by atoms with Crippen LogP contribution in [0.3, 0.4) is 0 Å². The van der Waals surface area contributed by atoms with E-state index in [1.165, 1.54) is 11.8 Å². The Morgan fingerprint density at radius 3 is 2.50 bits per heavy atom. The molecule has 1 N–H and O–H groups in total. The van der Waals surface area contributed by atoms with Gasteiger partial charge in [-0.15, -0.1) is 0 Å². The van der Waals surface area contributed by atoms with Gasteiger partial charge in [0.05, 0.1) is 0 Å². The molecule has 1 fully saturated rings. The van der Waals surface area contributed by atoms with Gasteiger partial charge in [-0.05, 0) is 12.1 Å². The maximum Gasteiger partial charge on any atom is 0.322 e. The highest BCUT2D eigenvalue weighted by molar-refractivity contribution is 7.99. The number of thioether (sulfide) groups is 1. The van der Waals surface area contributed by atoms with Crippen LogP contribution in [0.4, 0.5) is 8.78 Å². The molecule has 1 unspecified atom stereocenters. The molecule has 1 atom stereocenters. The fourth-order valence-electron chi connectivity index (χ4n) is 1.92. The van der Waals surface area contributed by atoms with Crippen LogP contribution < -0.4 is 0 Å². The Labute approximate surface area is 118 Å². The highest BCUT2D eigenvalue weighted by atomic mass is 32.2. The first-order valence-corrected chi connectivity index (χ1v) is 8.21. The van der Waals surface area contributed by atoms with E-state index in [9.17, 15) is 22.0 Å². The van der Waals surface area contributed by atoms with Gasteiger partial charge >= 0.3 is 5.97 Å². The molecule has 1 aliphatic heterocycles. The first-order chi connectivity index (χ1) is 9.35. The number of halogens is 2. The van der Waals surface area contributed by atoms with Crippen molar-refractivity contribution in [3.05, 3.63) is 29.8 Å². The molecule has 0 aromatic heterocycles. The lowest BCUT2D eigenvalue weighted by Crippen LogP contribution is -2.50. The van der Waals surface area contributed by atoms with Crippen LogP contribution in [0.15, 0.2) is 23.1 Å². The fraction of sp³-hybridized carbons (Fsp3) is 0.364. The highest BCUT2D eigenvalue weighted by Gasteiger charge is 2.40. The molecule has 0 saturated carbocycles. The maximum atomic E-state index is 13.6. The van der Waals surface area contributed by atoms with Crippen LogP contribution in [0, 0.1) is 11.6 Å². The zero-order chi connectivity index (χ0) is 14.9. The second-order valence-corrected chi connectivity index (χ2v) is 7.07. The van der Waals surface area contributed by atoms with Crippen molar-refractivity contribution in [1.29, 1.82) is 0 Å². The van der Waals surface area contributed by atoms with Crippen molar-refractivity contribution < 1.29 is 27.1 Å². The van der Waals surface area contributed by atoms with Crippen LogP contribution in [0.1, 0.15) is 0 Å². The zero-order valence-corrected chi connectivity index (χ0v) is 11.8. The van der Waals surface area contributed by atoms with Crippen molar-refractivity contribution >= 4 is 27.8 Å². The molecular formula is C11H11F2NO4S2. The standard InChI is InChI=1S/C11H11F2NO4S2/c12-7-2-1-3-8(13)10(7)20(17,18)14-4-5-19-6-9(14)11(15)16/h1-3,9H,4-6H2,(H,15,16). The SMILES string of the molecule is O=C(O)C1CSCCN1S(=O)(=O)c1c(F)cccc1F. The molecule has 9 heteroatoms. The largest absolute Gasteiger partial charge is 0.480 e. The maximum absolute atomic E-state index is 13.6. The van der Waals surface area contributed by atoms with Gasteiger partial charge in [-0.1, -0.05) is 6.07 Å². The molecule has 110 valence electrons. The third-order valence-corrected chi connectivity index (χ3v) is 5.83. The lowest BCUT2D eigenvalue weighted by atomic mass is 10.3. The molecule has 20 heavy (non-hydrogen) atoms. The summed E-state index contributed by atoms with van der Waals surface area (Å²) in [6.07, 6.45) is 0. The molecule has 1 aromatic carbocycles. The molecule has 0 spiro atoms. The minimum absolute atomic E-state index is 0.0463. The number of sulfonamides is 1. The molecule has 1 heterocycles. The van der Waals surface area contributed by atoms with Gasteiger partial charge in [0.2, 0.25) is 10.0 Å². The van der Waals surface area contributed by atoms with E-state index in [0.717, 1.165) is 18.2 Å². The van der Waals surface area contributed by atoms with Gasteiger partial charge in [-0.2, -0.15) is 16.1 Å². The Morgan fingerprint density at radius 2 is 1.95 bits per heavy atom. The van der Waals surface area contributed by atoms with E-state index in [0.29, 0.717) is 10.1 Å². The molecule has 0 bridgehead atoms. The predicted molar refractivity (Wildman–Crippen MR) is 69.0 cm³/mol. The Bertz CT molecular complexity index is 615. The van der Waals surface area contributed by atoms with Gasteiger partial charge in [0.1, 0.15) is 17.7 Å². The highest BCUT2D eigenvalue weighted by Crippen LogP contribution is 2.28. The third kappa shape index (κ3) is 2.65. The van der Waals surface area contributed by atoms with Crippen LogP contribution in [-0.2, 0) is 14.8 Å². The smallest absolute Gasteiger partial charge is 0.322 e. The van der Waals surface area contributed by atoms with Crippen molar-refractivity contribution in [3.63, 3.8) is 0 Å². The van der Waals surface area contributed by atoms with E-state index in [4.69, 9.17) is 5.11 Å². The summed E-state index contributed by atoms with van der Waals surface area (Å²) >= 11 is 1.28. The average molecular weight is 323 g/mol. The molecule has 1 aromatic rings. The lowest BCUT2D eigenvalue weighted by Gasteiger charge is -2.31. The predicted octanol–water partition coefficient (Wildman–Crippen LogP) is 1.16. The summed E-state index contributed by atoms with van der Waals surface area (Å²) in [6, 6.07) is 1.37. The van der Waals surface area contributed by atoms with Gasteiger partial charge in [0.15, 0.2) is 4.90 Å². The second kappa shape index (κ2) is 5.66. The number of carbonyl (C=O) groups is 1. The minimum Gasteiger partial charge on any atom is -0.480 e. The van der Waals surface area contributed by atoms with Crippen molar-refractivity contribution in [1.82, 2.24) is 4.31 Å². The molecule has 1 aliphatic rings. The number of carboxylic acids is 1. The van der Waals surface area contributed by atoms with Crippen LogP contribution in [0.2, 0.25) is 0 Å². The van der Waals surface area contributed by atoms with E-state index in [2.05, 4.69) is 0 Å². The van der Waals surface area contributed by atoms with E-state index in [-0.39, 0.29) is 12.3 Å². The van der Waals surface area contributed by atoms with Gasteiger partial charge in [-0.25, -0.2) is 17.2 Å². The van der Waals surface area contributed by atoms with E-state index in [1.54, 1.807) is 0 Å². The Kier molecular flexibility index (Phi) is 4.31. The summed E-state index contributed by atoms with van der Waals surface area (Å²) in [5, 5.41) is 9.05. The first-order valence-electron chi connectivity index (χ1n) is 5.62. The number of carboxylic acid groups (broad SMARTS) is 1. The summed E-state index contributed by atoms with van der Waals surface area (Å²) < 4.78 is 52.5.